The average Bonchev–Trinajstić information content (AvgIpc) is 2.72. The summed E-state index contributed by atoms with van der Waals surface area (Å²) in [5, 5.41) is 2.63. The zero-order chi connectivity index (χ0) is 21.2. The van der Waals surface area contributed by atoms with Gasteiger partial charge in [-0.15, -0.1) is 0 Å². The van der Waals surface area contributed by atoms with E-state index in [2.05, 4.69) is 16.9 Å². The third-order valence-electron chi connectivity index (χ3n) is 3.94. The molecule has 0 fully saturated rings. The van der Waals surface area contributed by atoms with Crippen LogP contribution in [0.4, 0.5) is 4.79 Å². The van der Waals surface area contributed by atoms with Gasteiger partial charge in [-0.2, -0.15) is 0 Å². The maximum Gasteiger partial charge on any atom is 0.407 e. The molecule has 2 aromatic rings. The molecular weight excluding hydrogens is 398 g/mol. The summed E-state index contributed by atoms with van der Waals surface area (Å²) in [6.07, 6.45) is 2.10. The molecule has 0 aliphatic heterocycles. The van der Waals surface area contributed by atoms with E-state index < -0.39 is 23.5 Å². The maximum atomic E-state index is 13.0. The van der Waals surface area contributed by atoms with Gasteiger partial charge < -0.3 is 14.8 Å². The number of nitrogens with zero attached hydrogens (tertiary/aromatic N) is 2. The second-order valence-electron chi connectivity index (χ2n) is 5.89. The Hall–Kier alpha value is -3.13. The molecule has 0 saturated heterocycles. The molecular formula is C20H22ClN3O5. The van der Waals surface area contributed by atoms with Crippen molar-refractivity contribution in [3.8, 4) is 0 Å². The second-order valence-corrected chi connectivity index (χ2v) is 6.28. The Labute approximate surface area is 173 Å². The molecule has 0 spiro atoms. The number of nitrogens with one attached hydrogen (secondary N) is 1. The summed E-state index contributed by atoms with van der Waals surface area (Å²) in [5.41, 5.74) is 0.348. The van der Waals surface area contributed by atoms with Crippen molar-refractivity contribution in [3.63, 3.8) is 0 Å². The van der Waals surface area contributed by atoms with Crippen LogP contribution in [0, 0.1) is 0 Å². The van der Waals surface area contributed by atoms with Gasteiger partial charge in [0, 0.05) is 12.5 Å². The van der Waals surface area contributed by atoms with E-state index in [1.165, 1.54) is 12.3 Å². The molecule has 154 valence electrons. The number of halogens is 1. The zero-order valence-corrected chi connectivity index (χ0v) is 16.7. The minimum absolute atomic E-state index is 0.0111. The fourth-order valence-corrected chi connectivity index (χ4v) is 2.82. The largest absolute Gasteiger partial charge is 0.465 e. The van der Waals surface area contributed by atoms with Gasteiger partial charge >= 0.3 is 12.1 Å². The highest BCUT2D eigenvalue weighted by atomic mass is 35.5. The van der Waals surface area contributed by atoms with Gasteiger partial charge in [0.05, 0.1) is 12.8 Å². The molecule has 9 heteroatoms. The highest BCUT2D eigenvalue weighted by Crippen LogP contribution is 2.21. The van der Waals surface area contributed by atoms with E-state index in [9.17, 15) is 14.4 Å². The van der Waals surface area contributed by atoms with Crippen molar-refractivity contribution in [3.05, 3.63) is 75.9 Å². The molecule has 1 amide bonds. The number of hydrogen-bond acceptors (Lipinski definition) is 6. The minimum Gasteiger partial charge on any atom is -0.465 e. The number of esters is 1. The molecule has 1 N–H and O–H groups in total. The Morgan fingerprint density at radius 3 is 2.69 bits per heavy atom. The first-order chi connectivity index (χ1) is 14.0. The Balaban J connectivity index is 2.37. The van der Waals surface area contributed by atoms with Crippen LogP contribution in [0.2, 0.25) is 5.15 Å². The Morgan fingerprint density at radius 2 is 2.03 bits per heavy atom. The summed E-state index contributed by atoms with van der Waals surface area (Å²) in [6.45, 7) is 5.12. The molecule has 0 aliphatic carbocycles. The fraction of sp³-hybridized carbons (Fsp3) is 0.300. The van der Waals surface area contributed by atoms with Gasteiger partial charge in [0.1, 0.15) is 24.0 Å². The van der Waals surface area contributed by atoms with Crippen LogP contribution in [0.1, 0.15) is 24.1 Å². The van der Waals surface area contributed by atoms with E-state index in [0.29, 0.717) is 0 Å². The summed E-state index contributed by atoms with van der Waals surface area (Å²) < 4.78 is 10.9. The highest BCUT2D eigenvalue weighted by Gasteiger charge is 2.23. The summed E-state index contributed by atoms with van der Waals surface area (Å²) in [4.78, 5) is 40.9. The van der Waals surface area contributed by atoms with Crippen LogP contribution in [0.5, 0.6) is 0 Å². The lowest BCUT2D eigenvalue weighted by atomic mass is 9.95. The Bertz CT molecular complexity index is 914. The molecule has 2 rings (SSSR count). The van der Waals surface area contributed by atoms with Gasteiger partial charge in [-0.25, -0.2) is 4.79 Å². The first-order valence-corrected chi connectivity index (χ1v) is 9.33. The van der Waals surface area contributed by atoms with Gasteiger partial charge in [-0.05, 0) is 12.5 Å². The third kappa shape index (κ3) is 6.18. The molecule has 1 aromatic heterocycles. The predicted octanol–water partition coefficient (Wildman–Crippen LogP) is 2.50. The minimum atomic E-state index is -0.647. The second kappa shape index (κ2) is 11.0. The molecule has 0 bridgehead atoms. The summed E-state index contributed by atoms with van der Waals surface area (Å²) in [7, 11) is 0. The molecule has 0 aliphatic rings. The lowest BCUT2D eigenvalue weighted by Crippen LogP contribution is -2.35. The summed E-state index contributed by atoms with van der Waals surface area (Å²) >= 11 is 6.07. The van der Waals surface area contributed by atoms with Crippen molar-refractivity contribution in [1.82, 2.24) is 14.9 Å². The van der Waals surface area contributed by atoms with Crippen LogP contribution >= 0.6 is 11.6 Å². The maximum absolute atomic E-state index is 13.0. The molecule has 1 atom stereocenters. The topological polar surface area (TPSA) is 99.5 Å². The number of rotatable bonds is 9. The number of carbonyl (C=O) groups excluding carboxylic acids is 2. The first kappa shape index (κ1) is 22.2. The van der Waals surface area contributed by atoms with Crippen molar-refractivity contribution in [2.45, 2.75) is 19.4 Å². The quantitative estimate of drug-likeness (QED) is 0.495. The highest BCUT2D eigenvalue weighted by molar-refractivity contribution is 6.29. The van der Waals surface area contributed by atoms with E-state index >= 15 is 0 Å². The van der Waals surface area contributed by atoms with Gasteiger partial charge in [0.2, 0.25) is 0 Å². The van der Waals surface area contributed by atoms with Gasteiger partial charge in [0.25, 0.3) is 5.56 Å². The lowest BCUT2D eigenvalue weighted by molar-refractivity contribution is -0.143. The van der Waals surface area contributed by atoms with Crippen LogP contribution in [0.25, 0.3) is 0 Å². The predicted molar refractivity (Wildman–Crippen MR) is 108 cm³/mol. The van der Waals surface area contributed by atoms with Crippen LogP contribution < -0.4 is 10.9 Å². The average molecular weight is 420 g/mol. The zero-order valence-electron chi connectivity index (χ0n) is 16.0. The van der Waals surface area contributed by atoms with Crippen LogP contribution in [-0.4, -0.2) is 41.4 Å². The molecule has 1 aromatic carbocycles. The van der Waals surface area contributed by atoms with Crippen LogP contribution in [-0.2, 0) is 20.8 Å². The smallest absolute Gasteiger partial charge is 0.407 e. The third-order valence-corrected chi connectivity index (χ3v) is 4.24. The van der Waals surface area contributed by atoms with E-state index in [0.717, 1.165) is 10.1 Å². The fourth-order valence-electron chi connectivity index (χ4n) is 2.63. The Morgan fingerprint density at radius 1 is 1.31 bits per heavy atom. The molecule has 0 saturated carbocycles. The van der Waals surface area contributed by atoms with Crippen molar-refractivity contribution in [2.24, 2.45) is 0 Å². The van der Waals surface area contributed by atoms with Crippen molar-refractivity contribution in [1.29, 1.82) is 0 Å². The van der Waals surface area contributed by atoms with E-state index in [1.807, 2.05) is 30.3 Å². The summed E-state index contributed by atoms with van der Waals surface area (Å²) in [5.74, 6) is -1.17. The number of aromatic nitrogens is 2. The van der Waals surface area contributed by atoms with E-state index in [1.54, 1.807) is 6.92 Å². The van der Waals surface area contributed by atoms with Crippen molar-refractivity contribution >= 4 is 23.7 Å². The number of benzene rings is 1. The Kier molecular flexibility index (Phi) is 8.42. The van der Waals surface area contributed by atoms with Gasteiger partial charge in [-0.1, -0.05) is 54.6 Å². The number of alkyl carbamates (subject to hydrolysis) is 1. The van der Waals surface area contributed by atoms with E-state index in [-0.39, 0.29) is 37.2 Å². The molecule has 0 unspecified atom stereocenters. The van der Waals surface area contributed by atoms with E-state index in [4.69, 9.17) is 21.1 Å². The number of hydrogen-bond donors (Lipinski definition) is 1. The van der Waals surface area contributed by atoms with Gasteiger partial charge in [-0.3, -0.25) is 19.1 Å². The van der Waals surface area contributed by atoms with Crippen molar-refractivity contribution < 1.29 is 19.1 Å². The SMILES string of the molecule is C=CCOC(=O)NC[C@H](c1ccccc1)c1ncc(Cl)n(CC(=O)OCC)c1=O. The molecule has 1 heterocycles. The van der Waals surface area contributed by atoms with Gasteiger partial charge in [0.15, 0.2) is 0 Å². The number of carbonyl (C=O) groups is 2. The monoisotopic (exact) mass is 419 g/mol. The van der Waals surface area contributed by atoms with Crippen LogP contribution in [0.3, 0.4) is 0 Å². The normalized spacial score (nSPS) is 11.4. The first-order valence-electron chi connectivity index (χ1n) is 8.95. The van der Waals surface area contributed by atoms with Crippen LogP contribution in [0.15, 0.2) is 54.0 Å². The standard InChI is InChI=1S/C20H22ClN3O5/c1-3-10-29-20(27)23-11-15(14-8-6-5-7-9-14)18-19(26)24(16(21)12-22-18)13-17(25)28-4-2/h3,5-9,12,15H,1,4,10-11,13H2,2H3,(H,23,27)/t15-/m1/s1. The molecule has 8 nitrogen and oxygen atoms in total. The summed E-state index contributed by atoms with van der Waals surface area (Å²) in [6, 6.07) is 9.08. The molecule has 0 radical (unpaired) electrons. The number of amides is 1. The number of ether oxygens (including phenoxy) is 2. The lowest BCUT2D eigenvalue weighted by Gasteiger charge is -2.18. The molecule has 29 heavy (non-hydrogen) atoms. The van der Waals surface area contributed by atoms with Crippen molar-refractivity contribution in [2.75, 3.05) is 19.8 Å².